The fraction of sp³-hybridized carbons (Fsp3) is 0. The number of carbonyl (C=O) groups is 2. The first-order valence-corrected chi connectivity index (χ1v) is 3.37. The van der Waals surface area contributed by atoms with Crippen LogP contribution in [0.5, 0.6) is 0 Å². The van der Waals surface area contributed by atoms with E-state index in [1.807, 2.05) is 0 Å². The Bertz CT molecular complexity index is 240. The Balaban J connectivity index is 2.70. The van der Waals surface area contributed by atoms with Crippen molar-refractivity contribution in [3.8, 4) is 0 Å². The predicted molar refractivity (Wildman–Crippen MR) is 45.8 cm³/mol. The van der Waals surface area contributed by atoms with E-state index in [0.717, 1.165) is 0 Å². The zero-order chi connectivity index (χ0) is 8.81. The summed E-state index contributed by atoms with van der Waals surface area (Å²) in [6.45, 7) is 0. The topological polar surface area (TPSA) is 58.2 Å². The van der Waals surface area contributed by atoms with E-state index in [9.17, 15) is 9.59 Å². The van der Waals surface area contributed by atoms with Gasteiger partial charge in [0.1, 0.15) is 0 Å². The fourth-order valence-electron chi connectivity index (χ4n) is 0.799. The molecule has 2 N–H and O–H groups in total. The van der Waals surface area contributed by atoms with Gasteiger partial charge in [-0.1, -0.05) is 0 Å². The van der Waals surface area contributed by atoms with Crippen molar-refractivity contribution in [1.29, 1.82) is 0 Å². The lowest BCUT2D eigenvalue weighted by Gasteiger charge is -2.00. The minimum absolute atomic E-state index is 0.599. The third kappa shape index (κ3) is 2.09. The first-order valence-electron chi connectivity index (χ1n) is 3.37. The summed E-state index contributed by atoms with van der Waals surface area (Å²) in [6, 6.07) is 6.78. The van der Waals surface area contributed by atoms with Crippen LogP contribution in [-0.2, 0) is 9.59 Å². The molecule has 0 aliphatic heterocycles. The minimum Gasteiger partial charge on any atom is -0.329 e. The molecule has 4 nitrogen and oxygen atoms in total. The van der Waals surface area contributed by atoms with Crippen LogP contribution < -0.4 is 10.6 Å². The average Bonchev–Trinajstić information content (AvgIpc) is 2.09. The molecule has 4 heteroatoms. The molecule has 12 heavy (non-hydrogen) atoms. The van der Waals surface area contributed by atoms with Crippen molar-refractivity contribution in [3.63, 3.8) is 0 Å². The van der Waals surface area contributed by atoms with Crippen LogP contribution in [0.25, 0.3) is 0 Å². The zero-order valence-electron chi connectivity index (χ0n) is 6.28. The van der Waals surface area contributed by atoms with Crippen LogP contribution in [0.4, 0.5) is 11.4 Å². The largest absolute Gasteiger partial charge is 0.329 e. The Hall–Kier alpha value is -1.84. The summed E-state index contributed by atoms with van der Waals surface area (Å²) >= 11 is 0. The lowest BCUT2D eigenvalue weighted by atomic mass is 10.3. The number of amides is 2. The number of hydrogen-bond acceptors (Lipinski definition) is 2. The lowest BCUT2D eigenvalue weighted by Crippen LogP contribution is -1.95. The molecule has 0 heterocycles. The number of carbonyl (C=O) groups excluding carboxylic acids is 2. The summed E-state index contributed by atoms with van der Waals surface area (Å²) in [5.41, 5.74) is 1.39. The molecule has 1 aromatic rings. The van der Waals surface area contributed by atoms with Crippen molar-refractivity contribution < 1.29 is 9.59 Å². The van der Waals surface area contributed by atoms with E-state index in [2.05, 4.69) is 10.6 Å². The molecule has 0 saturated heterocycles. The Morgan fingerprint density at radius 3 is 1.42 bits per heavy atom. The van der Waals surface area contributed by atoms with Crippen molar-refractivity contribution in [1.82, 2.24) is 0 Å². The molecule has 0 unspecified atom stereocenters. The highest BCUT2D eigenvalue weighted by Gasteiger charge is 1.90. The van der Waals surface area contributed by atoms with Crippen molar-refractivity contribution in [3.05, 3.63) is 24.3 Å². The Kier molecular flexibility index (Phi) is 2.84. The van der Waals surface area contributed by atoms with Gasteiger partial charge in [-0.15, -0.1) is 0 Å². The van der Waals surface area contributed by atoms with E-state index in [0.29, 0.717) is 24.2 Å². The highest BCUT2D eigenvalue weighted by Crippen LogP contribution is 2.11. The normalized spacial score (nSPS) is 8.67. The summed E-state index contributed by atoms with van der Waals surface area (Å²) in [5, 5.41) is 4.96. The number of anilines is 2. The van der Waals surface area contributed by atoms with Crippen LogP contribution in [0.15, 0.2) is 24.3 Å². The second kappa shape index (κ2) is 4.12. The minimum atomic E-state index is 0.599. The number of rotatable bonds is 4. The number of benzene rings is 1. The van der Waals surface area contributed by atoms with Crippen LogP contribution in [0, 0.1) is 0 Å². The van der Waals surface area contributed by atoms with E-state index in [1.54, 1.807) is 24.3 Å². The third-order valence-electron chi connectivity index (χ3n) is 1.34. The quantitative estimate of drug-likeness (QED) is 0.647. The summed E-state index contributed by atoms with van der Waals surface area (Å²) in [4.78, 5) is 20.0. The van der Waals surface area contributed by atoms with Crippen LogP contribution in [-0.4, -0.2) is 12.8 Å². The molecule has 1 aromatic carbocycles. The van der Waals surface area contributed by atoms with Gasteiger partial charge in [0.25, 0.3) is 0 Å². The molecule has 0 fully saturated rings. The summed E-state index contributed by atoms with van der Waals surface area (Å²) in [5.74, 6) is 0. The maximum absolute atomic E-state index is 10.0. The molecule has 0 bridgehead atoms. The SMILES string of the molecule is O=CNc1ccc(NC=O)cc1. The summed E-state index contributed by atoms with van der Waals surface area (Å²) in [7, 11) is 0. The standard InChI is InChI=1S/C8H8N2O2/c11-5-9-7-1-2-8(4-3-7)10-6-12/h1-6H,(H,9,11)(H,10,12). The van der Waals surface area contributed by atoms with Crippen LogP contribution >= 0.6 is 0 Å². The van der Waals surface area contributed by atoms with E-state index in [-0.39, 0.29) is 0 Å². The molecule has 0 aliphatic carbocycles. The average molecular weight is 164 g/mol. The molecule has 0 aromatic heterocycles. The Morgan fingerprint density at radius 2 is 1.17 bits per heavy atom. The molecule has 0 saturated carbocycles. The second-order valence-electron chi connectivity index (χ2n) is 2.10. The zero-order valence-corrected chi connectivity index (χ0v) is 6.28. The molecular formula is C8H8N2O2. The molecule has 2 amide bonds. The Morgan fingerprint density at radius 1 is 0.833 bits per heavy atom. The summed E-state index contributed by atoms with van der Waals surface area (Å²) < 4.78 is 0. The van der Waals surface area contributed by atoms with Crippen LogP contribution in [0.3, 0.4) is 0 Å². The summed E-state index contributed by atoms with van der Waals surface area (Å²) in [6.07, 6.45) is 1.20. The van der Waals surface area contributed by atoms with Crippen molar-refractivity contribution in [2.24, 2.45) is 0 Å². The van der Waals surface area contributed by atoms with Crippen molar-refractivity contribution >= 4 is 24.2 Å². The van der Waals surface area contributed by atoms with Gasteiger partial charge in [-0.2, -0.15) is 0 Å². The van der Waals surface area contributed by atoms with Crippen molar-refractivity contribution in [2.75, 3.05) is 10.6 Å². The van der Waals surface area contributed by atoms with Gasteiger partial charge < -0.3 is 10.6 Å². The van der Waals surface area contributed by atoms with E-state index in [4.69, 9.17) is 0 Å². The molecule has 0 spiro atoms. The van der Waals surface area contributed by atoms with Gasteiger partial charge in [-0.25, -0.2) is 0 Å². The molecule has 1 rings (SSSR count). The number of hydrogen-bond donors (Lipinski definition) is 2. The fourth-order valence-corrected chi connectivity index (χ4v) is 0.799. The van der Waals surface area contributed by atoms with Gasteiger partial charge in [-0.3, -0.25) is 9.59 Å². The monoisotopic (exact) mass is 164 g/mol. The van der Waals surface area contributed by atoms with E-state index in [1.165, 1.54) is 0 Å². The molecule has 0 radical (unpaired) electrons. The first kappa shape index (κ1) is 8.26. The van der Waals surface area contributed by atoms with Gasteiger partial charge in [0.15, 0.2) is 0 Å². The molecule has 0 atom stereocenters. The number of nitrogens with one attached hydrogen (secondary N) is 2. The van der Waals surface area contributed by atoms with Gasteiger partial charge in [0, 0.05) is 11.4 Å². The molecule has 62 valence electrons. The van der Waals surface area contributed by atoms with E-state index >= 15 is 0 Å². The van der Waals surface area contributed by atoms with Crippen LogP contribution in [0.1, 0.15) is 0 Å². The third-order valence-corrected chi connectivity index (χ3v) is 1.34. The molecular weight excluding hydrogens is 156 g/mol. The second-order valence-corrected chi connectivity index (χ2v) is 2.10. The van der Waals surface area contributed by atoms with E-state index < -0.39 is 0 Å². The predicted octanol–water partition coefficient (Wildman–Crippen LogP) is 0.823. The van der Waals surface area contributed by atoms with Crippen LogP contribution in [0.2, 0.25) is 0 Å². The van der Waals surface area contributed by atoms with Gasteiger partial charge in [0.2, 0.25) is 12.8 Å². The maximum Gasteiger partial charge on any atom is 0.211 e. The van der Waals surface area contributed by atoms with Gasteiger partial charge in [-0.05, 0) is 24.3 Å². The van der Waals surface area contributed by atoms with Gasteiger partial charge >= 0.3 is 0 Å². The van der Waals surface area contributed by atoms with Gasteiger partial charge in [0.05, 0.1) is 0 Å². The maximum atomic E-state index is 10.0. The Labute approximate surface area is 69.6 Å². The van der Waals surface area contributed by atoms with Crippen molar-refractivity contribution in [2.45, 2.75) is 0 Å². The smallest absolute Gasteiger partial charge is 0.211 e. The highest BCUT2D eigenvalue weighted by atomic mass is 16.1. The molecule has 0 aliphatic rings. The highest BCUT2D eigenvalue weighted by molar-refractivity contribution is 5.75. The lowest BCUT2D eigenvalue weighted by molar-refractivity contribution is -0.106. The first-order chi connectivity index (χ1) is 5.86.